The Morgan fingerprint density at radius 3 is 2.57 bits per heavy atom. The Morgan fingerprint density at radius 1 is 1.21 bits per heavy atom. The molecule has 0 aliphatic rings. The Kier molecular flexibility index (Phi) is 5.93. The summed E-state index contributed by atoms with van der Waals surface area (Å²) < 4.78 is 0. The number of hydrogen-bond donors (Lipinski definition) is 2. The lowest BCUT2D eigenvalue weighted by Gasteiger charge is -2.09. The van der Waals surface area contributed by atoms with E-state index in [9.17, 15) is 10.1 Å². The highest BCUT2D eigenvalue weighted by molar-refractivity contribution is 7.21. The highest BCUT2D eigenvalue weighted by atomic mass is 32.1. The molecule has 28 heavy (non-hydrogen) atoms. The largest absolute Gasteiger partial charge is 0.397 e. The number of carbonyl (C=O) groups is 1. The summed E-state index contributed by atoms with van der Waals surface area (Å²) in [6, 6.07) is 11.6. The maximum Gasteiger partial charge on any atom is 0.174 e. The molecule has 0 spiro atoms. The molecule has 3 aromatic rings. The Labute approximate surface area is 168 Å². The van der Waals surface area contributed by atoms with Crippen LogP contribution in [0.1, 0.15) is 34.5 Å². The van der Waals surface area contributed by atoms with Crippen molar-refractivity contribution in [3.63, 3.8) is 0 Å². The minimum Gasteiger partial charge on any atom is -0.397 e. The summed E-state index contributed by atoms with van der Waals surface area (Å²) in [5.41, 5.74) is 14.6. The van der Waals surface area contributed by atoms with Crippen molar-refractivity contribution in [1.82, 2.24) is 9.88 Å². The third-order valence-electron chi connectivity index (χ3n) is 4.59. The number of benzene rings is 1. The Morgan fingerprint density at radius 2 is 1.93 bits per heavy atom. The molecule has 0 saturated carbocycles. The molecular formula is C21H23N5OS. The van der Waals surface area contributed by atoms with Gasteiger partial charge in [-0.25, -0.2) is 4.98 Å². The molecule has 0 aliphatic carbocycles. The number of pyridine rings is 1. The number of nitrogens with two attached hydrogens (primary N) is 2. The van der Waals surface area contributed by atoms with E-state index in [1.807, 2.05) is 44.4 Å². The molecule has 0 saturated heterocycles. The molecule has 1 aromatic carbocycles. The van der Waals surface area contributed by atoms with Gasteiger partial charge in [0.15, 0.2) is 5.78 Å². The van der Waals surface area contributed by atoms with Crippen LogP contribution >= 0.6 is 11.3 Å². The number of ketones is 1. The van der Waals surface area contributed by atoms with Crippen LogP contribution in [0.15, 0.2) is 30.3 Å². The minimum atomic E-state index is 0.00958. The van der Waals surface area contributed by atoms with Crippen molar-refractivity contribution in [2.24, 2.45) is 0 Å². The fourth-order valence-electron chi connectivity index (χ4n) is 3.21. The van der Waals surface area contributed by atoms with E-state index in [1.54, 1.807) is 0 Å². The lowest BCUT2D eigenvalue weighted by atomic mass is 9.97. The fourth-order valence-corrected chi connectivity index (χ4v) is 4.29. The molecule has 4 N–H and O–H groups in total. The van der Waals surface area contributed by atoms with Crippen LogP contribution in [0.2, 0.25) is 0 Å². The summed E-state index contributed by atoms with van der Waals surface area (Å²) >= 11 is 1.25. The van der Waals surface area contributed by atoms with Crippen LogP contribution in [0.4, 0.5) is 11.5 Å². The second-order valence-electron chi connectivity index (χ2n) is 6.93. The number of nitrogen functional groups attached to an aromatic ring is 2. The number of carbonyl (C=O) groups excluding carboxylic acids is 1. The van der Waals surface area contributed by atoms with E-state index < -0.39 is 0 Å². The molecule has 0 unspecified atom stereocenters. The number of aromatic nitrogens is 1. The number of unbranched alkanes of at least 4 members (excludes halogenated alkanes) is 1. The summed E-state index contributed by atoms with van der Waals surface area (Å²) in [5.74, 6) is 0.162. The van der Waals surface area contributed by atoms with Gasteiger partial charge in [0.1, 0.15) is 22.3 Å². The third-order valence-corrected chi connectivity index (χ3v) is 5.73. The minimum absolute atomic E-state index is 0.00958. The molecule has 0 aliphatic heterocycles. The van der Waals surface area contributed by atoms with E-state index in [2.05, 4.69) is 16.0 Å². The zero-order valence-electron chi connectivity index (χ0n) is 16.0. The van der Waals surface area contributed by atoms with Crippen molar-refractivity contribution in [3.8, 4) is 17.2 Å². The quantitative estimate of drug-likeness (QED) is 0.465. The van der Waals surface area contributed by atoms with E-state index >= 15 is 0 Å². The van der Waals surface area contributed by atoms with E-state index in [1.165, 1.54) is 11.3 Å². The first kappa shape index (κ1) is 19.8. The number of fused-ring (bicyclic) bond motifs is 1. The van der Waals surface area contributed by atoms with Crippen molar-refractivity contribution in [3.05, 3.63) is 40.8 Å². The van der Waals surface area contributed by atoms with Gasteiger partial charge in [0.2, 0.25) is 0 Å². The Hall–Kier alpha value is -2.95. The summed E-state index contributed by atoms with van der Waals surface area (Å²) in [7, 11) is 4.03. The van der Waals surface area contributed by atoms with Crippen LogP contribution in [0.5, 0.6) is 0 Å². The number of anilines is 2. The van der Waals surface area contributed by atoms with E-state index in [0.29, 0.717) is 32.8 Å². The van der Waals surface area contributed by atoms with Gasteiger partial charge in [-0.15, -0.1) is 11.3 Å². The molecule has 2 heterocycles. The van der Waals surface area contributed by atoms with Crippen molar-refractivity contribution in [2.75, 3.05) is 32.1 Å². The van der Waals surface area contributed by atoms with Gasteiger partial charge < -0.3 is 16.4 Å². The highest BCUT2D eigenvalue weighted by Gasteiger charge is 2.23. The molecule has 6 nitrogen and oxygen atoms in total. The average molecular weight is 394 g/mol. The maximum atomic E-state index is 12.8. The lowest BCUT2D eigenvalue weighted by Crippen LogP contribution is -2.13. The summed E-state index contributed by atoms with van der Waals surface area (Å²) in [4.78, 5) is 20.3. The molecule has 144 valence electrons. The monoisotopic (exact) mass is 393 g/mol. The molecule has 0 radical (unpaired) electrons. The van der Waals surface area contributed by atoms with E-state index in [0.717, 1.165) is 24.9 Å². The average Bonchev–Trinajstić information content (AvgIpc) is 3.00. The molecule has 2 aromatic heterocycles. The van der Waals surface area contributed by atoms with Crippen LogP contribution in [0, 0.1) is 11.3 Å². The van der Waals surface area contributed by atoms with Gasteiger partial charge in [0, 0.05) is 17.4 Å². The predicted molar refractivity (Wildman–Crippen MR) is 115 cm³/mol. The zero-order valence-corrected chi connectivity index (χ0v) is 16.8. The lowest BCUT2D eigenvalue weighted by molar-refractivity contribution is 0.0983. The number of thiophene rings is 1. The topological polar surface area (TPSA) is 109 Å². The Balaban J connectivity index is 2.06. The van der Waals surface area contributed by atoms with Crippen LogP contribution in [0.3, 0.4) is 0 Å². The van der Waals surface area contributed by atoms with Gasteiger partial charge in [0.25, 0.3) is 0 Å². The van der Waals surface area contributed by atoms with Gasteiger partial charge in [0.05, 0.1) is 10.6 Å². The van der Waals surface area contributed by atoms with Crippen molar-refractivity contribution < 1.29 is 4.79 Å². The number of nitriles is 1. The number of hydrogen-bond acceptors (Lipinski definition) is 7. The van der Waals surface area contributed by atoms with Crippen molar-refractivity contribution in [2.45, 2.75) is 19.3 Å². The summed E-state index contributed by atoms with van der Waals surface area (Å²) in [6.45, 7) is 0.941. The maximum absolute atomic E-state index is 12.8. The van der Waals surface area contributed by atoms with Crippen molar-refractivity contribution in [1.29, 1.82) is 5.26 Å². The molecule has 0 bridgehead atoms. The van der Waals surface area contributed by atoms with Crippen LogP contribution < -0.4 is 11.5 Å². The summed E-state index contributed by atoms with van der Waals surface area (Å²) in [6.07, 6.45) is 2.18. The highest BCUT2D eigenvalue weighted by Crippen LogP contribution is 2.42. The SMILES string of the molecule is CN(C)CCCCC(=O)c1sc2nc(N)c(C#N)c(-c3ccccc3)c2c1N. The van der Waals surface area contributed by atoms with Gasteiger partial charge in [-0.2, -0.15) is 5.26 Å². The molecule has 0 amide bonds. The number of Topliss-reactive ketones (excluding diaryl/α,β-unsaturated/α-hetero) is 1. The molecule has 3 rings (SSSR count). The second-order valence-corrected chi connectivity index (χ2v) is 7.93. The van der Waals surface area contributed by atoms with E-state index in [-0.39, 0.29) is 17.2 Å². The normalized spacial score (nSPS) is 11.1. The second kappa shape index (κ2) is 8.38. The number of rotatable bonds is 7. The molecule has 0 atom stereocenters. The summed E-state index contributed by atoms with van der Waals surface area (Å²) in [5, 5.41) is 10.3. The first-order valence-electron chi connectivity index (χ1n) is 9.09. The molecule has 0 fully saturated rings. The third kappa shape index (κ3) is 3.84. The van der Waals surface area contributed by atoms with Gasteiger partial charge in [-0.3, -0.25) is 4.79 Å². The van der Waals surface area contributed by atoms with Gasteiger partial charge >= 0.3 is 0 Å². The first-order valence-corrected chi connectivity index (χ1v) is 9.90. The Bertz CT molecular complexity index is 1050. The van der Waals surface area contributed by atoms with Crippen LogP contribution in [-0.4, -0.2) is 36.3 Å². The number of nitrogens with zero attached hydrogens (tertiary/aromatic N) is 3. The molecule has 7 heteroatoms. The first-order chi connectivity index (χ1) is 13.4. The van der Waals surface area contributed by atoms with Crippen LogP contribution in [0.25, 0.3) is 21.3 Å². The standard InChI is InChI=1S/C21H23N5OS/c1-26(2)11-7-6-10-15(27)19-18(23)17-16(13-8-4-3-5-9-13)14(12-22)20(24)25-21(17)28-19/h3-5,8-9H,6-7,10-11,23H2,1-2H3,(H2,24,25). The zero-order chi connectivity index (χ0) is 20.3. The smallest absolute Gasteiger partial charge is 0.174 e. The van der Waals surface area contributed by atoms with Crippen molar-refractivity contribution >= 4 is 38.8 Å². The molecular weight excluding hydrogens is 370 g/mol. The van der Waals surface area contributed by atoms with Gasteiger partial charge in [-0.05, 0) is 39.0 Å². The van der Waals surface area contributed by atoms with Gasteiger partial charge in [-0.1, -0.05) is 30.3 Å². The van der Waals surface area contributed by atoms with E-state index in [4.69, 9.17) is 11.5 Å². The predicted octanol–water partition coefficient (Wildman–Crippen LogP) is 3.91. The van der Waals surface area contributed by atoms with Crippen LogP contribution in [-0.2, 0) is 0 Å². The fraction of sp³-hybridized carbons (Fsp3) is 0.286.